The third-order valence-electron chi connectivity index (χ3n) is 2.70. The third kappa shape index (κ3) is 4.66. The third-order valence-corrected chi connectivity index (χ3v) is 3.44. The second kappa shape index (κ2) is 8.10. The zero-order valence-electron chi connectivity index (χ0n) is 11.5. The molecule has 6 nitrogen and oxygen atoms in total. The highest BCUT2D eigenvalue weighted by Crippen LogP contribution is 2.30. The van der Waals surface area contributed by atoms with Gasteiger partial charge in [0.1, 0.15) is 11.9 Å². The standard InChI is InChI=1S/C14H9Cl2N3O.CO2/c15-12-5-4-10(7-13(12)16)9-2-1-3-11(6-9)20-14-8-17-19-18-14;2-1-3/h1-8H,(H,17,18,19);. The van der Waals surface area contributed by atoms with Crippen molar-refractivity contribution in [2.24, 2.45) is 0 Å². The van der Waals surface area contributed by atoms with Crippen molar-refractivity contribution < 1.29 is 14.3 Å². The van der Waals surface area contributed by atoms with Crippen LogP contribution in [0.3, 0.4) is 0 Å². The van der Waals surface area contributed by atoms with Crippen molar-refractivity contribution in [1.82, 2.24) is 15.4 Å². The maximum atomic E-state index is 8.12. The van der Waals surface area contributed by atoms with E-state index in [4.69, 9.17) is 37.5 Å². The quantitative estimate of drug-likeness (QED) is 0.772. The topological polar surface area (TPSA) is 84.9 Å². The van der Waals surface area contributed by atoms with Gasteiger partial charge in [-0.3, -0.25) is 0 Å². The fourth-order valence-corrected chi connectivity index (χ4v) is 2.07. The van der Waals surface area contributed by atoms with Crippen molar-refractivity contribution in [3.63, 3.8) is 0 Å². The van der Waals surface area contributed by atoms with Crippen LogP contribution >= 0.6 is 23.2 Å². The lowest BCUT2D eigenvalue weighted by Crippen LogP contribution is -1.85. The molecule has 0 unspecified atom stereocenters. The van der Waals surface area contributed by atoms with Crippen LogP contribution in [-0.2, 0) is 9.59 Å². The highest BCUT2D eigenvalue weighted by Gasteiger charge is 2.05. The molecule has 116 valence electrons. The van der Waals surface area contributed by atoms with Gasteiger partial charge >= 0.3 is 6.15 Å². The largest absolute Gasteiger partial charge is 0.436 e. The predicted octanol–water partition coefficient (Wildman–Crippen LogP) is 3.99. The van der Waals surface area contributed by atoms with E-state index in [1.807, 2.05) is 36.4 Å². The first-order valence-corrected chi connectivity index (χ1v) is 6.98. The fraction of sp³-hybridized carbons (Fsp3) is 0. The molecule has 0 aliphatic heterocycles. The van der Waals surface area contributed by atoms with Gasteiger partial charge in [-0.25, -0.2) is 0 Å². The van der Waals surface area contributed by atoms with E-state index < -0.39 is 0 Å². The van der Waals surface area contributed by atoms with Gasteiger partial charge in [-0.1, -0.05) is 41.4 Å². The first-order chi connectivity index (χ1) is 11.1. The molecule has 0 amide bonds. The van der Waals surface area contributed by atoms with E-state index in [1.54, 1.807) is 6.07 Å². The van der Waals surface area contributed by atoms with Gasteiger partial charge in [0, 0.05) is 0 Å². The summed E-state index contributed by atoms with van der Waals surface area (Å²) in [7, 11) is 0. The molecule has 0 atom stereocenters. The Kier molecular flexibility index (Phi) is 5.88. The van der Waals surface area contributed by atoms with Crippen LogP contribution in [0.1, 0.15) is 0 Å². The van der Waals surface area contributed by atoms with Crippen LogP contribution in [0.4, 0.5) is 0 Å². The number of halogens is 2. The van der Waals surface area contributed by atoms with Crippen molar-refractivity contribution in [1.29, 1.82) is 0 Å². The number of aromatic nitrogens is 3. The average molecular weight is 350 g/mol. The number of nitrogens with one attached hydrogen (secondary N) is 1. The van der Waals surface area contributed by atoms with Crippen LogP contribution in [0.15, 0.2) is 48.7 Å². The molecule has 0 saturated carbocycles. The minimum absolute atomic E-state index is 0.250. The monoisotopic (exact) mass is 349 g/mol. The predicted molar refractivity (Wildman–Crippen MR) is 83.4 cm³/mol. The number of H-pyrrole nitrogens is 1. The average Bonchev–Trinajstić information content (AvgIpc) is 3.04. The van der Waals surface area contributed by atoms with Crippen molar-refractivity contribution >= 4 is 29.4 Å². The van der Waals surface area contributed by atoms with Crippen LogP contribution in [0.5, 0.6) is 11.6 Å². The van der Waals surface area contributed by atoms with Gasteiger partial charge in [-0.2, -0.15) is 19.9 Å². The molecule has 3 aromatic rings. The summed E-state index contributed by atoms with van der Waals surface area (Å²) in [5.74, 6) is 1.08. The summed E-state index contributed by atoms with van der Waals surface area (Å²) in [6.07, 6.45) is 1.76. The summed E-state index contributed by atoms with van der Waals surface area (Å²) in [6.45, 7) is 0. The minimum atomic E-state index is 0.250. The van der Waals surface area contributed by atoms with Crippen LogP contribution in [-0.4, -0.2) is 21.6 Å². The van der Waals surface area contributed by atoms with E-state index in [-0.39, 0.29) is 6.15 Å². The zero-order valence-corrected chi connectivity index (χ0v) is 13.0. The summed E-state index contributed by atoms with van der Waals surface area (Å²) in [5.41, 5.74) is 1.94. The number of nitrogens with zero attached hydrogens (tertiary/aromatic N) is 2. The maximum absolute atomic E-state index is 8.12. The maximum Gasteiger partial charge on any atom is 0.373 e. The summed E-state index contributed by atoms with van der Waals surface area (Å²) in [5, 5.41) is 11.1. The van der Waals surface area contributed by atoms with E-state index in [0.717, 1.165) is 11.1 Å². The van der Waals surface area contributed by atoms with Crippen LogP contribution in [0.25, 0.3) is 11.1 Å². The number of hydrogen-bond donors (Lipinski definition) is 1. The first kappa shape index (κ1) is 16.7. The Morgan fingerprint density at radius 1 is 1.00 bits per heavy atom. The Morgan fingerprint density at radius 2 is 1.74 bits per heavy atom. The number of benzene rings is 2. The molecule has 1 aromatic heterocycles. The van der Waals surface area contributed by atoms with Crippen LogP contribution in [0, 0.1) is 0 Å². The molecule has 8 heteroatoms. The molecule has 0 spiro atoms. The SMILES string of the molecule is Clc1ccc(-c2cccc(Oc3cn[nH]n3)c2)cc1Cl.O=C=O. The smallest absolute Gasteiger partial charge is 0.373 e. The number of ether oxygens (including phenoxy) is 1. The Hall–Kier alpha value is -2.66. The molecule has 0 bridgehead atoms. The molecular weight excluding hydrogens is 341 g/mol. The minimum Gasteiger partial charge on any atom is -0.436 e. The lowest BCUT2D eigenvalue weighted by molar-refractivity contribution is -0.191. The molecular formula is C15H9Cl2N3O3. The molecule has 1 N–H and O–H groups in total. The van der Waals surface area contributed by atoms with Gasteiger partial charge in [0.15, 0.2) is 0 Å². The van der Waals surface area contributed by atoms with Crippen molar-refractivity contribution in [2.45, 2.75) is 0 Å². The second-order valence-corrected chi connectivity index (χ2v) is 4.96. The lowest BCUT2D eigenvalue weighted by Gasteiger charge is -2.06. The molecule has 0 aliphatic carbocycles. The summed E-state index contributed by atoms with van der Waals surface area (Å²) >= 11 is 12.0. The van der Waals surface area contributed by atoms with E-state index in [9.17, 15) is 0 Å². The highest BCUT2D eigenvalue weighted by molar-refractivity contribution is 6.42. The van der Waals surface area contributed by atoms with Gasteiger partial charge in [-0.15, -0.1) is 5.10 Å². The Balaban J connectivity index is 0.000000595. The van der Waals surface area contributed by atoms with Gasteiger partial charge in [-0.05, 0) is 35.4 Å². The molecule has 23 heavy (non-hydrogen) atoms. The van der Waals surface area contributed by atoms with E-state index in [1.165, 1.54) is 6.20 Å². The van der Waals surface area contributed by atoms with Gasteiger partial charge in [0.05, 0.1) is 10.0 Å². The second-order valence-electron chi connectivity index (χ2n) is 4.15. The highest BCUT2D eigenvalue weighted by atomic mass is 35.5. The van der Waals surface area contributed by atoms with E-state index in [0.29, 0.717) is 21.7 Å². The number of aromatic amines is 1. The number of rotatable bonds is 3. The number of hydrogen-bond acceptors (Lipinski definition) is 5. The molecule has 0 fully saturated rings. The number of carbonyl (C=O) groups excluding carboxylic acids is 2. The first-order valence-electron chi connectivity index (χ1n) is 6.22. The summed E-state index contributed by atoms with van der Waals surface area (Å²) in [4.78, 5) is 16.2. The lowest BCUT2D eigenvalue weighted by atomic mass is 10.1. The fourth-order valence-electron chi connectivity index (χ4n) is 1.78. The van der Waals surface area contributed by atoms with Crippen molar-refractivity contribution in [3.8, 4) is 22.8 Å². The Morgan fingerprint density at radius 3 is 2.39 bits per heavy atom. The van der Waals surface area contributed by atoms with Crippen LogP contribution < -0.4 is 4.74 Å². The van der Waals surface area contributed by atoms with Gasteiger partial charge in [0.25, 0.3) is 5.88 Å². The molecule has 1 heterocycles. The van der Waals surface area contributed by atoms with Crippen molar-refractivity contribution in [2.75, 3.05) is 0 Å². The molecule has 0 saturated heterocycles. The van der Waals surface area contributed by atoms with Crippen LogP contribution in [0.2, 0.25) is 10.0 Å². The molecule has 0 aliphatic rings. The summed E-state index contributed by atoms with van der Waals surface area (Å²) < 4.78 is 5.57. The van der Waals surface area contributed by atoms with Gasteiger partial charge < -0.3 is 4.74 Å². The molecule has 0 radical (unpaired) electrons. The Labute approximate surface area is 141 Å². The van der Waals surface area contributed by atoms with Gasteiger partial charge in [0.2, 0.25) is 0 Å². The normalized spacial score (nSPS) is 9.48. The zero-order chi connectivity index (χ0) is 16.7. The molecule has 2 aromatic carbocycles. The molecule has 3 rings (SSSR count). The summed E-state index contributed by atoms with van der Waals surface area (Å²) in [6, 6.07) is 13.1. The van der Waals surface area contributed by atoms with E-state index in [2.05, 4.69) is 15.4 Å². The van der Waals surface area contributed by atoms with E-state index >= 15 is 0 Å². The van der Waals surface area contributed by atoms with Crippen molar-refractivity contribution in [3.05, 3.63) is 58.7 Å². The Bertz CT molecular complexity index is 817.